The Morgan fingerprint density at radius 3 is 2.83 bits per heavy atom. The Bertz CT molecular complexity index is 649. The molecule has 0 unspecified atom stereocenters. The first-order valence-corrected chi connectivity index (χ1v) is 9.08. The Hall–Kier alpha value is -1.62. The highest BCUT2D eigenvalue weighted by Crippen LogP contribution is 2.53. The van der Waals surface area contributed by atoms with E-state index in [4.69, 9.17) is 4.74 Å². The van der Waals surface area contributed by atoms with Crippen LogP contribution in [0.2, 0.25) is 0 Å². The monoisotopic (exact) mass is 329 g/mol. The van der Waals surface area contributed by atoms with Gasteiger partial charge in [-0.25, -0.2) is 4.98 Å². The zero-order chi connectivity index (χ0) is 16.9. The number of aromatic nitrogens is 1. The number of methoxy groups -OCH3 is 1. The van der Waals surface area contributed by atoms with Gasteiger partial charge in [-0.2, -0.15) is 0 Å². The highest BCUT2D eigenvalue weighted by Gasteiger charge is 2.59. The van der Waals surface area contributed by atoms with Crippen LogP contribution in [0.1, 0.15) is 49.4 Å². The molecular formula is C19H27N3O2. The predicted molar refractivity (Wildman–Crippen MR) is 92.1 cm³/mol. The van der Waals surface area contributed by atoms with E-state index in [9.17, 15) is 4.79 Å². The fraction of sp³-hybridized carbons (Fsp3) is 0.684. The number of likely N-dealkylation sites (tertiary alicyclic amines) is 2. The second-order valence-corrected chi connectivity index (χ2v) is 7.89. The summed E-state index contributed by atoms with van der Waals surface area (Å²) >= 11 is 0. The normalized spacial score (nSPS) is 35.6. The SMILES string of the molecule is COc1ncccc1C(=O)N1[C@@H]2CN(C)[C@@H]3CCCC[C@H]1[C@]3(C)C2. The summed E-state index contributed by atoms with van der Waals surface area (Å²) in [5.41, 5.74) is 0.804. The molecule has 1 aliphatic carbocycles. The van der Waals surface area contributed by atoms with E-state index < -0.39 is 0 Å². The lowest BCUT2D eigenvalue weighted by molar-refractivity contribution is 0.0577. The molecule has 3 heterocycles. The number of pyridine rings is 1. The molecule has 1 amide bonds. The molecule has 3 fully saturated rings. The Morgan fingerprint density at radius 2 is 2.08 bits per heavy atom. The van der Waals surface area contributed by atoms with E-state index in [1.54, 1.807) is 13.3 Å². The predicted octanol–water partition coefficient (Wildman–Crippen LogP) is 2.57. The van der Waals surface area contributed by atoms with Gasteiger partial charge in [0.25, 0.3) is 5.91 Å². The average molecular weight is 329 g/mol. The van der Waals surface area contributed by atoms with Gasteiger partial charge in [0.2, 0.25) is 5.88 Å². The Balaban J connectivity index is 1.74. The second-order valence-electron chi connectivity index (χ2n) is 7.89. The Labute approximate surface area is 144 Å². The molecule has 0 aromatic carbocycles. The fourth-order valence-electron chi connectivity index (χ4n) is 5.65. The lowest BCUT2D eigenvalue weighted by Crippen LogP contribution is -2.51. The molecule has 0 spiro atoms. The van der Waals surface area contributed by atoms with Gasteiger partial charge in [-0.05, 0) is 38.4 Å². The molecular weight excluding hydrogens is 302 g/mol. The van der Waals surface area contributed by atoms with Crippen molar-refractivity contribution in [1.29, 1.82) is 0 Å². The molecule has 4 atom stereocenters. The van der Waals surface area contributed by atoms with Gasteiger partial charge in [0.1, 0.15) is 5.56 Å². The number of ether oxygens (including phenoxy) is 1. The molecule has 0 N–H and O–H groups in total. The molecule has 1 aromatic rings. The number of amides is 1. The lowest BCUT2D eigenvalue weighted by Gasteiger charge is -2.44. The molecule has 1 aromatic heterocycles. The molecule has 2 aliphatic heterocycles. The molecule has 24 heavy (non-hydrogen) atoms. The van der Waals surface area contributed by atoms with E-state index >= 15 is 0 Å². The van der Waals surface area contributed by atoms with Crippen LogP contribution in [0.15, 0.2) is 18.3 Å². The molecule has 2 saturated heterocycles. The third-order valence-corrected chi connectivity index (χ3v) is 6.59. The van der Waals surface area contributed by atoms with Crippen molar-refractivity contribution in [2.75, 3.05) is 20.7 Å². The minimum atomic E-state index is 0.0922. The number of piperidine rings is 1. The number of fused-ring (bicyclic) bond motifs is 1. The third-order valence-electron chi connectivity index (χ3n) is 6.59. The van der Waals surface area contributed by atoms with E-state index in [2.05, 4.69) is 28.8 Å². The van der Waals surface area contributed by atoms with Crippen molar-refractivity contribution >= 4 is 5.91 Å². The van der Waals surface area contributed by atoms with Crippen LogP contribution in [0.3, 0.4) is 0 Å². The topological polar surface area (TPSA) is 45.7 Å². The van der Waals surface area contributed by atoms with E-state index in [0.717, 1.165) is 19.4 Å². The van der Waals surface area contributed by atoms with Crippen molar-refractivity contribution in [2.45, 2.75) is 57.2 Å². The summed E-state index contributed by atoms with van der Waals surface area (Å²) in [6.45, 7) is 3.38. The fourth-order valence-corrected chi connectivity index (χ4v) is 5.65. The molecule has 3 aliphatic rings. The Morgan fingerprint density at radius 1 is 1.33 bits per heavy atom. The van der Waals surface area contributed by atoms with Crippen molar-refractivity contribution in [2.24, 2.45) is 5.41 Å². The van der Waals surface area contributed by atoms with Gasteiger partial charge >= 0.3 is 0 Å². The van der Waals surface area contributed by atoms with E-state index in [1.165, 1.54) is 19.3 Å². The van der Waals surface area contributed by atoms with Gasteiger partial charge in [0.05, 0.1) is 7.11 Å². The molecule has 4 rings (SSSR count). The number of nitrogens with zero attached hydrogens (tertiary/aromatic N) is 3. The van der Waals surface area contributed by atoms with Crippen LogP contribution in [-0.2, 0) is 0 Å². The first kappa shape index (κ1) is 15.9. The number of likely N-dealkylation sites (N-methyl/N-ethyl adjacent to an activating group) is 1. The Kier molecular flexibility index (Phi) is 3.79. The molecule has 130 valence electrons. The number of hydrogen-bond acceptors (Lipinski definition) is 4. The summed E-state index contributed by atoms with van der Waals surface area (Å²) in [4.78, 5) is 22.3. The second kappa shape index (κ2) is 5.73. The van der Waals surface area contributed by atoms with Gasteiger partial charge in [-0.1, -0.05) is 19.8 Å². The molecule has 2 bridgehead atoms. The van der Waals surface area contributed by atoms with Crippen LogP contribution >= 0.6 is 0 Å². The largest absolute Gasteiger partial charge is 0.480 e. The van der Waals surface area contributed by atoms with Crippen LogP contribution in [0, 0.1) is 5.41 Å². The van der Waals surface area contributed by atoms with Crippen molar-refractivity contribution in [3.8, 4) is 5.88 Å². The maximum absolute atomic E-state index is 13.4. The number of rotatable bonds is 2. The lowest BCUT2D eigenvalue weighted by atomic mass is 9.71. The van der Waals surface area contributed by atoms with Gasteiger partial charge in [-0.3, -0.25) is 4.79 Å². The standard InChI is InChI=1S/C19H27N3O2/c1-19-11-13-12-21(2)15(19)8-4-5-9-16(19)22(13)18(23)14-7-6-10-20-17(14)24-3/h6-7,10,13,15-16H,4-5,8-9,11-12H2,1-3H3/t13-,15+,16-,19+/m0/s1. The first-order chi connectivity index (χ1) is 11.6. The number of hydrogen-bond donors (Lipinski definition) is 0. The zero-order valence-corrected chi connectivity index (χ0v) is 14.9. The molecule has 5 nitrogen and oxygen atoms in total. The summed E-state index contributed by atoms with van der Waals surface area (Å²) in [5.74, 6) is 0.530. The molecule has 5 heteroatoms. The minimum Gasteiger partial charge on any atom is -0.480 e. The van der Waals surface area contributed by atoms with Crippen molar-refractivity contribution in [3.63, 3.8) is 0 Å². The molecule has 0 radical (unpaired) electrons. The smallest absolute Gasteiger partial charge is 0.259 e. The minimum absolute atomic E-state index is 0.0922. The summed E-state index contributed by atoms with van der Waals surface area (Å²) in [6, 6.07) is 4.89. The van der Waals surface area contributed by atoms with Gasteiger partial charge in [0.15, 0.2) is 0 Å². The number of carbonyl (C=O) groups is 1. The van der Waals surface area contributed by atoms with Gasteiger partial charge in [-0.15, -0.1) is 0 Å². The van der Waals surface area contributed by atoms with Gasteiger partial charge in [0, 0.05) is 36.3 Å². The van der Waals surface area contributed by atoms with E-state index in [-0.39, 0.29) is 11.3 Å². The summed E-state index contributed by atoms with van der Waals surface area (Å²) < 4.78 is 5.34. The average Bonchev–Trinajstić information content (AvgIpc) is 2.69. The summed E-state index contributed by atoms with van der Waals surface area (Å²) in [5, 5.41) is 0. The van der Waals surface area contributed by atoms with Gasteiger partial charge < -0.3 is 14.5 Å². The maximum atomic E-state index is 13.4. The first-order valence-electron chi connectivity index (χ1n) is 9.08. The summed E-state index contributed by atoms with van der Waals surface area (Å²) in [6.07, 6.45) is 7.66. The highest BCUT2D eigenvalue weighted by molar-refractivity contribution is 5.97. The maximum Gasteiger partial charge on any atom is 0.259 e. The quantitative estimate of drug-likeness (QED) is 0.836. The summed E-state index contributed by atoms with van der Waals surface area (Å²) in [7, 11) is 3.81. The zero-order valence-electron chi connectivity index (χ0n) is 14.9. The third kappa shape index (κ3) is 2.17. The van der Waals surface area contributed by atoms with Crippen LogP contribution < -0.4 is 4.74 Å². The molecule has 1 saturated carbocycles. The van der Waals surface area contributed by atoms with Crippen molar-refractivity contribution < 1.29 is 9.53 Å². The van der Waals surface area contributed by atoms with Crippen LogP contribution in [0.4, 0.5) is 0 Å². The van der Waals surface area contributed by atoms with E-state index in [1.807, 2.05) is 12.1 Å². The highest BCUT2D eigenvalue weighted by atomic mass is 16.5. The van der Waals surface area contributed by atoms with Crippen molar-refractivity contribution in [3.05, 3.63) is 23.9 Å². The van der Waals surface area contributed by atoms with Crippen LogP contribution in [-0.4, -0.2) is 59.5 Å². The number of carbonyl (C=O) groups excluding carboxylic acids is 1. The van der Waals surface area contributed by atoms with E-state index in [0.29, 0.717) is 29.6 Å². The van der Waals surface area contributed by atoms with Crippen LogP contribution in [0.5, 0.6) is 5.88 Å². The van der Waals surface area contributed by atoms with Crippen molar-refractivity contribution in [1.82, 2.24) is 14.8 Å². The van der Waals surface area contributed by atoms with Crippen LogP contribution in [0.25, 0.3) is 0 Å².